The molecule has 4 aromatic rings. The number of carbonyl (C=O) groups is 10. The van der Waals surface area contributed by atoms with E-state index in [-0.39, 0.29) is 69.8 Å². The molecule has 9 amide bonds. The molecular formula is C55H59FN10O14. The third-order valence-electron chi connectivity index (χ3n) is 15.1. The Morgan fingerprint density at radius 3 is 2.30 bits per heavy atom. The van der Waals surface area contributed by atoms with Gasteiger partial charge in [0.2, 0.25) is 41.4 Å². The first-order valence-corrected chi connectivity index (χ1v) is 26.3. The van der Waals surface area contributed by atoms with Gasteiger partial charge in [0, 0.05) is 54.1 Å². The number of aliphatic hydroxyl groups is 1. The third-order valence-corrected chi connectivity index (χ3v) is 15.1. The maximum Gasteiger partial charge on any atom is 0.343 e. The molecule has 2 aromatic heterocycles. The highest BCUT2D eigenvalue weighted by atomic mass is 19.1. The maximum absolute atomic E-state index is 15.5. The van der Waals surface area contributed by atoms with E-state index < -0.39 is 120 Å². The van der Waals surface area contributed by atoms with Crippen LogP contribution in [0, 0.1) is 12.7 Å². The van der Waals surface area contributed by atoms with Crippen molar-refractivity contribution in [3.63, 3.8) is 0 Å². The predicted octanol–water partition coefficient (Wildman–Crippen LogP) is -0.854. The summed E-state index contributed by atoms with van der Waals surface area (Å²) in [6.45, 7) is 1.04. The zero-order chi connectivity index (χ0) is 57.0. The minimum absolute atomic E-state index is 0.00321. The van der Waals surface area contributed by atoms with E-state index in [1.54, 1.807) is 50.2 Å². The Bertz CT molecular complexity index is 3330. The molecule has 420 valence electrons. The van der Waals surface area contributed by atoms with Crippen molar-refractivity contribution in [2.24, 2.45) is 0 Å². The third kappa shape index (κ3) is 11.5. The van der Waals surface area contributed by atoms with Crippen molar-refractivity contribution in [2.45, 2.75) is 95.7 Å². The molecule has 5 aliphatic rings. The van der Waals surface area contributed by atoms with Crippen LogP contribution in [0.25, 0.3) is 22.3 Å². The van der Waals surface area contributed by atoms with Crippen molar-refractivity contribution in [3.8, 4) is 11.4 Å². The van der Waals surface area contributed by atoms with Gasteiger partial charge in [0.1, 0.15) is 24.5 Å². The van der Waals surface area contributed by atoms with Gasteiger partial charge < -0.3 is 55.9 Å². The number of halogens is 1. The molecule has 4 atom stereocenters. The van der Waals surface area contributed by atoms with Crippen molar-refractivity contribution in [3.05, 3.63) is 110 Å². The monoisotopic (exact) mass is 1100 g/mol. The van der Waals surface area contributed by atoms with Crippen molar-refractivity contribution >= 4 is 70.0 Å². The highest BCUT2D eigenvalue weighted by Crippen LogP contribution is 2.46. The second-order valence-electron chi connectivity index (χ2n) is 20.0. The smallest absolute Gasteiger partial charge is 0.343 e. The Kier molecular flexibility index (Phi) is 16.6. The van der Waals surface area contributed by atoms with Crippen LogP contribution in [-0.2, 0) is 89.0 Å². The summed E-state index contributed by atoms with van der Waals surface area (Å²) < 4.78 is 27.5. The summed E-state index contributed by atoms with van der Waals surface area (Å²) in [6, 6.07) is 8.76. The number of pyridine rings is 2. The Morgan fingerprint density at radius 1 is 0.863 bits per heavy atom. The molecule has 0 unspecified atom stereocenters. The van der Waals surface area contributed by atoms with E-state index in [1.807, 2.05) is 0 Å². The van der Waals surface area contributed by atoms with Crippen LogP contribution in [0.2, 0.25) is 0 Å². The van der Waals surface area contributed by atoms with Crippen molar-refractivity contribution in [1.82, 2.24) is 51.3 Å². The fourth-order valence-corrected chi connectivity index (χ4v) is 10.8. The van der Waals surface area contributed by atoms with Crippen LogP contribution in [0.4, 0.5) is 4.39 Å². The summed E-state index contributed by atoms with van der Waals surface area (Å²) in [5, 5.41) is 27.5. The number of carbonyl (C=O) groups excluding carboxylic acids is 10. The van der Waals surface area contributed by atoms with Crippen LogP contribution in [0.1, 0.15) is 84.0 Å². The molecule has 2 aromatic carbocycles. The Balaban J connectivity index is 0.775. The van der Waals surface area contributed by atoms with E-state index in [0.717, 1.165) is 17.1 Å². The molecule has 9 rings (SSSR count). The molecule has 1 aliphatic carbocycles. The number of nitrogens with one attached hydrogen (secondary N) is 6. The molecule has 0 radical (unpaired) electrons. The molecule has 6 heterocycles. The minimum atomic E-state index is -2.07. The first kappa shape index (κ1) is 56.0. The van der Waals surface area contributed by atoms with Gasteiger partial charge in [-0.2, -0.15) is 0 Å². The highest BCUT2D eigenvalue weighted by molar-refractivity contribution is 6.13. The van der Waals surface area contributed by atoms with E-state index >= 15 is 4.39 Å². The van der Waals surface area contributed by atoms with Gasteiger partial charge in [0.25, 0.3) is 17.4 Å². The Morgan fingerprint density at radius 2 is 1.56 bits per heavy atom. The summed E-state index contributed by atoms with van der Waals surface area (Å²) in [4.78, 5) is 150. The van der Waals surface area contributed by atoms with Crippen LogP contribution >= 0.6 is 0 Å². The van der Waals surface area contributed by atoms with E-state index in [1.165, 1.54) is 15.5 Å². The average Bonchev–Trinajstić information content (AvgIpc) is 4.26. The SMILES string of the molecule is CC[C@@]1(O)C(=O)OCc2c1cc1n(c2=O)Cc2c-1nc1cc(F)c(C)c3c1c2[C@@H](NC(=O)[C@@H]1CCCN1C(=O)CNC(=O)CNC(=O)[C@H](Cc1ccccc1)NC(=O)CNC(=O)CNC(=O)CCOCCN1C(=O)C=CC1=O)CC3. The molecule has 0 spiro atoms. The standard InChI is InChI=1S/C55H59FN10O14/c1-3-55(78)34-21-40-50-32(27-66(40)53(76)33(34)28-80-54(55)77)49-36(12-11-31-29(2)35(56)22-37(62-50)48(31)49)63-52(75)39-10-7-16-64(39)47(73)26-59-43(69)24-60-51(74)38(20-30-8-5-4-6-9-30)61-44(70)25-58-42(68)23-57-41(67)15-18-79-19-17-65-45(71)13-14-46(65)72/h4-6,8-9,13-14,21-22,36,38-39,78H,3,7,10-12,15-20,23-28H2,1-2H3,(H,57,67)(H,58,68)(H,59,69)(H,60,74)(H,61,70)(H,63,75)/t36-,38-,39-,55-/m0/s1. The summed E-state index contributed by atoms with van der Waals surface area (Å²) in [6.07, 6.45) is 3.64. The molecule has 25 heteroatoms. The topological polar surface area (TPSA) is 323 Å². The van der Waals surface area contributed by atoms with Gasteiger partial charge in [0.15, 0.2) is 5.60 Å². The fraction of sp³-hybridized carbons (Fsp3) is 0.418. The highest BCUT2D eigenvalue weighted by Gasteiger charge is 2.46. The number of cyclic esters (lactones) is 1. The number of likely N-dealkylation sites (tertiary alicyclic amines) is 1. The second kappa shape index (κ2) is 23.7. The molecule has 24 nitrogen and oxygen atoms in total. The number of aryl methyl sites for hydroxylation is 1. The zero-order valence-corrected chi connectivity index (χ0v) is 43.9. The van der Waals surface area contributed by atoms with Crippen LogP contribution in [0.5, 0.6) is 0 Å². The van der Waals surface area contributed by atoms with Gasteiger partial charge in [-0.05, 0) is 67.3 Å². The first-order chi connectivity index (χ1) is 38.4. The van der Waals surface area contributed by atoms with E-state index in [0.29, 0.717) is 75.8 Å². The molecule has 1 saturated heterocycles. The van der Waals surface area contributed by atoms with Crippen LogP contribution in [-0.4, -0.2) is 148 Å². The number of imide groups is 1. The average molecular weight is 1100 g/mol. The van der Waals surface area contributed by atoms with Crippen LogP contribution in [0.3, 0.4) is 0 Å². The van der Waals surface area contributed by atoms with Crippen molar-refractivity contribution in [2.75, 3.05) is 52.5 Å². The van der Waals surface area contributed by atoms with E-state index in [4.69, 9.17) is 14.5 Å². The number of hydrogen-bond acceptors (Lipinski definition) is 15. The number of rotatable bonds is 21. The summed E-state index contributed by atoms with van der Waals surface area (Å²) in [5.74, 6) is -6.77. The molecule has 0 bridgehead atoms. The number of fused-ring (bicyclic) bond motifs is 5. The lowest BCUT2D eigenvalue weighted by atomic mass is 9.81. The number of hydrogen-bond donors (Lipinski definition) is 7. The molecule has 7 N–H and O–H groups in total. The van der Waals surface area contributed by atoms with Gasteiger partial charge >= 0.3 is 5.97 Å². The lowest BCUT2D eigenvalue weighted by Gasteiger charge is -2.32. The molecule has 0 saturated carbocycles. The van der Waals surface area contributed by atoms with E-state index in [9.17, 15) is 57.8 Å². The number of amides is 9. The van der Waals surface area contributed by atoms with Gasteiger partial charge in [0.05, 0.1) is 81.0 Å². The molecular weight excluding hydrogens is 1040 g/mol. The van der Waals surface area contributed by atoms with Crippen LogP contribution in [0.15, 0.2) is 59.4 Å². The summed E-state index contributed by atoms with van der Waals surface area (Å²) >= 11 is 0. The molecule has 4 aliphatic heterocycles. The zero-order valence-electron chi connectivity index (χ0n) is 43.9. The minimum Gasteiger partial charge on any atom is -0.458 e. The predicted molar refractivity (Wildman–Crippen MR) is 279 cm³/mol. The summed E-state index contributed by atoms with van der Waals surface area (Å²) in [7, 11) is 0. The number of benzene rings is 2. The quantitative estimate of drug-likeness (QED) is 0.0267. The first-order valence-electron chi connectivity index (χ1n) is 26.3. The largest absolute Gasteiger partial charge is 0.458 e. The number of nitrogens with zero attached hydrogens (tertiary/aromatic N) is 4. The lowest BCUT2D eigenvalue weighted by molar-refractivity contribution is -0.172. The molecule has 80 heavy (non-hydrogen) atoms. The maximum atomic E-state index is 15.5. The number of ether oxygens (including phenoxy) is 2. The number of aromatic nitrogens is 2. The Labute approximate surface area is 456 Å². The van der Waals surface area contributed by atoms with Crippen molar-refractivity contribution < 1.29 is 66.9 Å². The fourth-order valence-electron chi connectivity index (χ4n) is 10.8. The normalized spacial score (nSPS) is 18.9. The van der Waals surface area contributed by atoms with Crippen LogP contribution < -0.4 is 37.5 Å². The van der Waals surface area contributed by atoms with Gasteiger partial charge in [-0.25, -0.2) is 14.2 Å². The van der Waals surface area contributed by atoms with Crippen molar-refractivity contribution in [1.29, 1.82) is 0 Å². The summed E-state index contributed by atoms with van der Waals surface area (Å²) in [5.41, 5.74) is 1.72. The van der Waals surface area contributed by atoms with E-state index in [2.05, 4.69) is 31.9 Å². The second-order valence-corrected chi connectivity index (χ2v) is 20.0. The lowest BCUT2D eigenvalue weighted by Crippen LogP contribution is -2.53. The molecule has 1 fully saturated rings. The van der Waals surface area contributed by atoms with Gasteiger partial charge in [-0.1, -0.05) is 37.3 Å². The Hall–Kier alpha value is -8.71. The van der Waals surface area contributed by atoms with Gasteiger partial charge in [-0.15, -0.1) is 0 Å². The number of esters is 1. The van der Waals surface area contributed by atoms with Gasteiger partial charge in [-0.3, -0.25) is 52.8 Å².